The molecule has 35 heavy (non-hydrogen) atoms. The van der Waals surface area contributed by atoms with Crippen LogP contribution >= 0.6 is 0 Å². The normalized spacial score (nSPS) is 12.5. The molecule has 5 rings (SSSR count). The molecule has 4 aromatic carbocycles. The van der Waals surface area contributed by atoms with E-state index < -0.39 is 6.10 Å². The maximum Gasteiger partial charge on any atom is 0.195 e. The van der Waals surface area contributed by atoms with Crippen LogP contribution in [-0.2, 0) is 6.42 Å². The van der Waals surface area contributed by atoms with Crippen molar-refractivity contribution >= 4 is 17.3 Å². The van der Waals surface area contributed by atoms with Gasteiger partial charge >= 0.3 is 0 Å². The molecule has 0 aromatic heterocycles. The monoisotopic (exact) mass is 460 g/mol. The molecule has 0 saturated carbocycles. The molecular formula is C31H24O4. The van der Waals surface area contributed by atoms with Gasteiger partial charge in [0.25, 0.3) is 0 Å². The molecule has 0 heterocycles. The number of carbonyl (C=O) groups excluding carboxylic acids is 3. The van der Waals surface area contributed by atoms with Crippen molar-refractivity contribution < 1.29 is 19.5 Å². The van der Waals surface area contributed by atoms with Gasteiger partial charge in [-0.15, -0.1) is 6.58 Å². The fourth-order valence-electron chi connectivity index (χ4n) is 4.09. The smallest absolute Gasteiger partial charge is 0.195 e. The lowest BCUT2D eigenvalue weighted by Gasteiger charge is -2.19. The number of hydrogen-bond donors (Lipinski definition) is 1. The minimum absolute atomic E-state index is 0.0670. The highest BCUT2D eigenvalue weighted by Crippen LogP contribution is 2.29. The Labute approximate surface area is 204 Å². The topological polar surface area (TPSA) is 71.4 Å². The summed E-state index contributed by atoms with van der Waals surface area (Å²) in [6.45, 7) is 3.70. The fraction of sp³-hybridized carbons (Fsp3) is 0.0645. The van der Waals surface area contributed by atoms with Crippen LogP contribution in [0.15, 0.2) is 116 Å². The Morgan fingerprint density at radius 2 is 1.26 bits per heavy atom. The molecule has 0 spiro atoms. The highest BCUT2D eigenvalue weighted by Gasteiger charge is 2.30. The highest BCUT2D eigenvalue weighted by atomic mass is 16.3. The van der Waals surface area contributed by atoms with Crippen molar-refractivity contribution in [3.63, 3.8) is 0 Å². The Bertz CT molecular complexity index is 1390. The van der Waals surface area contributed by atoms with E-state index in [1.165, 1.54) is 0 Å². The third kappa shape index (κ3) is 4.93. The van der Waals surface area contributed by atoms with E-state index in [9.17, 15) is 19.5 Å². The van der Waals surface area contributed by atoms with E-state index in [4.69, 9.17) is 0 Å². The predicted octanol–water partition coefficient (Wildman–Crippen LogP) is 5.79. The summed E-state index contributed by atoms with van der Waals surface area (Å²) in [5.41, 5.74) is 4.04. The van der Waals surface area contributed by atoms with Gasteiger partial charge in [0.2, 0.25) is 0 Å². The van der Waals surface area contributed by atoms with Gasteiger partial charge in [-0.3, -0.25) is 14.4 Å². The van der Waals surface area contributed by atoms with Crippen molar-refractivity contribution in [2.45, 2.75) is 12.5 Å². The van der Waals surface area contributed by atoms with Crippen LogP contribution in [0.1, 0.15) is 59.4 Å². The van der Waals surface area contributed by atoms with Gasteiger partial charge in [-0.05, 0) is 17.5 Å². The maximum atomic E-state index is 12.6. The summed E-state index contributed by atoms with van der Waals surface area (Å²) >= 11 is 0. The van der Waals surface area contributed by atoms with Crippen molar-refractivity contribution in [2.75, 3.05) is 0 Å². The lowest BCUT2D eigenvalue weighted by Crippen LogP contribution is -2.22. The van der Waals surface area contributed by atoms with Crippen LogP contribution in [0, 0.1) is 0 Å². The van der Waals surface area contributed by atoms with Gasteiger partial charge in [0.15, 0.2) is 17.3 Å². The number of Topliss-reactive ketones (excluding diaryl/α,β-unsaturated/α-hetero) is 1. The van der Waals surface area contributed by atoms with Crippen molar-refractivity contribution in [1.29, 1.82) is 0 Å². The third-order valence-electron chi connectivity index (χ3n) is 5.82. The number of aliphatic hydroxyl groups is 1. The van der Waals surface area contributed by atoms with Crippen LogP contribution in [-0.4, -0.2) is 22.5 Å². The van der Waals surface area contributed by atoms with Crippen LogP contribution in [0.5, 0.6) is 0 Å². The molecule has 1 atom stereocenters. The van der Waals surface area contributed by atoms with E-state index in [-0.39, 0.29) is 17.3 Å². The van der Waals surface area contributed by atoms with Crippen LogP contribution in [0.3, 0.4) is 0 Å². The van der Waals surface area contributed by atoms with Crippen molar-refractivity contribution in [1.82, 2.24) is 0 Å². The highest BCUT2D eigenvalue weighted by molar-refractivity contribution is 6.28. The summed E-state index contributed by atoms with van der Waals surface area (Å²) in [5.74, 6) is -0.412. The molecule has 0 saturated heterocycles. The zero-order chi connectivity index (χ0) is 24.8. The Morgan fingerprint density at radius 3 is 1.89 bits per heavy atom. The molecule has 0 radical (unpaired) electrons. The lowest BCUT2D eigenvalue weighted by atomic mass is 9.81. The molecule has 172 valence electrons. The molecule has 1 aliphatic carbocycles. The number of carbonyl (C=O) groups is 3. The summed E-state index contributed by atoms with van der Waals surface area (Å²) in [4.78, 5) is 36.9. The van der Waals surface area contributed by atoms with Gasteiger partial charge in [0, 0.05) is 27.8 Å². The third-order valence-corrected chi connectivity index (χ3v) is 5.82. The van der Waals surface area contributed by atoms with Gasteiger partial charge in [-0.2, -0.15) is 0 Å². The van der Waals surface area contributed by atoms with Gasteiger partial charge in [0.1, 0.15) is 6.10 Å². The quantitative estimate of drug-likeness (QED) is 0.266. The van der Waals surface area contributed by atoms with Gasteiger partial charge in [-0.1, -0.05) is 109 Å². The Kier molecular flexibility index (Phi) is 7.24. The van der Waals surface area contributed by atoms with E-state index in [0.717, 1.165) is 5.56 Å². The Morgan fingerprint density at radius 1 is 0.714 bits per heavy atom. The SMILES string of the molecule is C=CCc1cccc2c1C(=O)c1ccccc1C2=O.O=C(c1ccccc1)C(O)c1ccccc1. The molecule has 4 heteroatoms. The van der Waals surface area contributed by atoms with Crippen molar-refractivity contribution in [3.8, 4) is 0 Å². The molecule has 4 aromatic rings. The molecule has 0 bridgehead atoms. The average Bonchev–Trinajstić information content (AvgIpc) is 2.92. The summed E-state index contributed by atoms with van der Waals surface area (Å²) in [6, 6.07) is 30.1. The van der Waals surface area contributed by atoms with Crippen molar-refractivity contribution in [3.05, 3.63) is 155 Å². The van der Waals surface area contributed by atoms with E-state index in [1.807, 2.05) is 24.3 Å². The predicted molar refractivity (Wildman–Crippen MR) is 136 cm³/mol. The Hall–Kier alpha value is -4.41. The van der Waals surface area contributed by atoms with Crippen molar-refractivity contribution in [2.24, 2.45) is 0 Å². The summed E-state index contributed by atoms with van der Waals surface area (Å²) in [6.07, 6.45) is 1.25. The second kappa shape index (κ2) is 10.7. The lowest BCUT2D eigenvalue weighted by molar-refractivity contribution is 0.0747. The molecular weight excluding hydrogens is 436 g/mol. The minimum Gasteiger partial charge on any atom is -0.380 e. The summed E-state index contributed by atoms with van der Waals surface area (Å²) in [7, 11) is 0. The fourth-order valence-corrected chi connectivity index (χ4v) is 4.09. The molecule has 0 amide bonds. The molecule has 1 N–H and O–H groups in total. The zero-order valence-electron chi connectivity index (χ0n) is 19.1. The standard InChI is InChI=1S/C17H12O2.C14H12O2/c1-2-6-11-7-5-10-14-15(11)17(19)13-9-4-3-8-12(13)16(14)18;15-13(11-7-3-1-4-8-11)14(16)12-9-5-2-6-10-12/h2-5,7-10H,1,6H2;1-10,13,15H. The molecule has 0 aliphatic heterocycles. The Balaban J connectivity index is 0.000000168. The van der Waals surface area contributed by atoms with Crippen LogP contribution in [0.4, 0.5) is 0 Å². The number of rotatable bonds is 5. The van der Waals surface area contributed by atoms with Crippen LogP contribution < -0.4 is 0 Å². The van der Waals surface area contributed by atoms with Crippen LogP contribution in [0.2, 0.25) is 0 Å². The van der Waals surface area contributed by atoms with E-state index in [0.29, 0.717) is 39.8 Å². The second-order valence-electron chi connectivity index (χ2n) is 8.08. The van der Waals surface area contributed by atoms with E-state index >= 15 is 0 Å². The molecule has 4 nitrogen and oxygen atoms in total. The summed E-state index contributed by atoms with van der Waals surface area (Å²) in [5, 5.41) is 9.89. The number of allylic oxidation sites excluding steroid dienone is 1. The van der Waals surface area contributed by atoms with Gasteiger partial charge in [0.05, 0.1) is 0 Å². The second-order valence-corrected chi connectivity index (χ2v) is 8.08. The average molecular weight is 461 g/mol. The van der Waals surface area contributed by atoms with Crippen LogP contribution in [0.25, 0.3) is 0 Å². The van der Waals surface area contributed by atoms with E-state index in [2.05, 4.69) is 6.58 Å². The first-order valence-corrected chi connectivity index (χ1v) is 11.3. The first-order valence-electron chi connectivity index (χ1n) is 11.3. The number of hydrogen-bond acceptors (Lipinski definition) is 4. The number of aliphatic hydroxyl groups excluding tert-OH is 1. The largest absolute Gasteiger partial charge is 0.380 e. The number of ketones is 3. The number of benzene rings is 4. The minimum atomic E-state index is -1.08. The summed E-state index contributed by atoms with van der Waals surface area (Å²) < 4.78 is 0. The first kappa shape index (κ1) is 23.7. The van der Waals surface area contributed by atoms with E-state index in [1.54, 1.807) is 84.9 Å². The molecule has 1 unspecified atom stereocenters. The zero-order valence-corrected chi connectivity index (χ0v) is 19.1. The maximum absolute atomic E-state index is 12.6. The molecule has 0 fully saturated rings. The molecule has 1 aliphatic rings. The van der Waals surface area contributed by atoms with Gasteiger partial charge in [-0.25, -0.2) is 0 Å². The van der Waals surface area contributed by atoms with Gasteiger partial charge < -0.3 is 5.11 Å². The first-order chi connectivity index (χ1) is 17.0. The number of fused-ring (bicyclic) bond motifs is 2.